The lowest BCUT2D eigenvalue weighted by Gasteiger charge is -2.14. The van der Waals surface area contributed by atoms with Crippen LogP contribution in [0.15, 0.2) is 109 Å². The van der Waals surface area contributed by atoms with E-state index in [1.807, 2.05) is 35.0 Å². The fourth-order valence-electron chi connectivity index (χ4n) is 5.12. The van der Waals surface area contributed by atoms with Crippen molar-refractivity contribution in [1.82, 2.24) is 9.88 Å². The van der Waals surface area contributed by atoms with Crippen molar-refractivity contribution in [1.29, 1.82) is 0 Å². The first kappa shape index (κ1) is 26.0. The quantitative estimate of drug-likeness (QED) is 0.219. The lowest BCUT2D eigenvalue weighted by atomic mass is 9.99. The third-order valence-electron chi connectivity index (χ3n) is 7.12. The second-order valence-electron chi connectivity index (χ2n) is 9.93. The number of carboxylic acid groups (broad SMARTS) is 1. The van der Waals surface area contributed by atoms with Gasteiger partial charge in [0.15, 0.2) is 0 Å². The van der Waals surface area contributed by atoms with E-state index < -0.39 is 17.6 Å². The van der Waals surface area contributed by atoms with Crippen LogP contribution in [0.3, 0.4) is 0 Å². The molecule has 0 aliphatic rings. The number of benzene rings is 5. The van der Waals surface area contributed by atoms with Crippen LogP contribution in [0.4, 0.5) is 8.78 Å². The van der Waals surface area contributed by atoms with Gasteiger partial charge in [-0.25, -0.2) is 13.6 Å². The molecule has 7 heteroatoms. The summed E-state index contributed by atoms with van der Waals surface area (Å²) in [6, 6.07) is 29.2. The molecule has 5 nitrogen and oxygen atoms in total. The van der Waals surface area contributed by atoms with Crippen molar-refractivity contribution >= 4 is 33.6 Å². The predicted molar refractivity (Wildman–Crippen MR) is 155 cm³/mol. The number of aromatic carboxylic acids is 1. The molecule has 2 N–H and O–H groups in total. The summed E-state index contributed by atoms with van der Waals surface area (Å²) < 4.78 is 30.1. The number of nitrogens with one attached hydrogen (secondary N) is 1. The van der Waals surface area contributed by atoms with E-state index >= 15 is 0 Å². The van der Waals surface area contributed by atoms with Crippen LogP contribution in [-0.4, -0.2) is 21.6 Å². The molecule has 0 fully saturated rings. The lowest BCUT2D eigenvalue weighted by molar-refractivity contribution is 0.0696. The highest BCUT2D eigenvalue weighted by Gasteiger charge is 2.18. The topological polar surface area (TPSA) is 71.3 Å². The number of hydrogen-bond acceptors (Lipinski definition) is 2. The van der Waals surface area contributed by atoms with Crippen LogP contribution in [0.5, 0.6) is 0 Å². The molecular weight excluding hydrogens is 522 g/mol. The number of hydrogen-bond donors (Lipinski definition) is 2. The first-order chi connectivity index (χ1) is 19.8. The smallest absolute Gasteiger partial charge is 0.335 e. The van der Waals surface area contributed by atoms with Crippen molar-refractivity contribution in [3.05, 3.63) is 143 Å². The van der Waals surface area contributed by atoms with E-state index in [2.05, 4.69) is 35.6 Å². The van der Waals surface area contributed by atoms with Gasteiger partial charge in [0.05, 0.1) is 16.6 Å². The number of aromatic nitrogens is 1. The van der Waals surface area contributed by atoms with Crippen LogP contribution >= 0.6 is 0 Å². The Morgan fingerprint density at radius 1 is 0.707 bits per heavy atom. The maximum atomic E-state index is 14.1. The van der Waals surface area contributed by atoms with Gasteiger partial charge in [-0.1, -0.05) is 48.5 Å². The highest BCUT2D eigenvalue weighted by molar-refractivity contribution is 6.08. The molecular formula is C34H24F2N2O3. The van der Waals surface area contributed by atoms with E-state index in [1.165, 1.54) is 24.3 Å². The zero-order valence-corrected chi connectivity index (χ0v) is 21.8. The summed E-state index contributed by atoms with van der Waals surface area (Å²) >= 11 is 0. The Labute approximate surface area is 234 Å². The normalized spacial score (nSPS) is 11.2. The molecule has 1 aromatic heterocycles. The molecule has 0 saturated carbocycles. The van der Waals surface area contributed by atoms with E-state index in [9.17, 15) is 18.4 Å². The number of halogens is 2. The van der Waals surface area contributed by atoms with E-state index in [1.54, 1.807) is 18.2 Å². The van der Waals surface area contributed by atoms with Crippen molar-refractivity contribution < 1.29 is 23.5 Å². The standard InChI is InChI=1S/C34H24F2N2O3/c35-29-15-28(16-30(36)18-29)27-14-26-11-12-38(20-22-7-8-23-3-1-2-4-25(23)13-22)32(26)31(17-27)33(39)37-19-21-5-9-24(10-6-21)34(40)41/h1-18H,19-20H2,(H,37,39)(H,40,41). The van der Waals surface area contributed by atoms with Gasteiger partial charge >= 0.3 is 5.97 Å². The van der Waals surface area contributed by atoms with Gasteiger partial charge in [0.25, 0.3) is 5.91 Å². The van der Waals surface area contributed by atoms with E-state index in [4.69, 9.17) is 5.11 Å². The molecule has 0 spiro atoms. The van der Waals surface area contributed by atoms with Crippen LogP contribution in [0.2, 0.25) is 0 Å². The van der Waals surface area contributed by atoms with Gasteiger partial charge in [0.2, 0.25) is 0 Å². The zero-order valence-electron chi connectivity index (χ0n) is 21.8. The molecule has 0 radical (unpaired) electrons. The zero-order chi connectivity index (χ0) is 28.5. The Morgan fingerprint density at radius 2 is 1.39 bits per heavy atom. The summed E-state index contributed by atoms with van der Waals surface area (Å²) in [6.07, 6.45) is 1.90. The number of nitrogens with zero attached hydrogens (tertiary/aromatic N) is 1. The molecule has 0 aliphatic carbocycles. The predicted octanol–water partition coefficient (Wildman–Crippen LogP) is 7.42. The highest BCUT2D eigenvalue weighted by Crippen LogP contribution is 2.31. The number of rotatable bonds is 7. The highest BCUT2D eigenvalue weighted by atomic mass is 19.1. The van der Waals surface area contributed by atoms with Crippen molar-refractivity contribution in [3.8, 4) is 11.1 Å². The van der Waals surface area contributed by atoms with Crippen LogP contribution in [-0.2, 0) is 13.1 Å². The maximum Gasteiger partial charge on any atom is 0.335 e. The summed E-state index contributed by atoms with van der Waals surface area (Å²) in [5.74, 6) is -2.80. The molecule has 0 aliphatic heterocycles. The lowest BCUT2D eigenvalue weighted by Crippen LogP contribution is -2.23. The summed E-state index contributed by atoms with van der Waals surface area (Å²) in [7, 11) is 0. The molecule has 41 heavy (non-hydrogen) atoms. The van der Waals surface area contributed by atoms with E-state index in [0.717, 1.165) is 33.4 Å². The minimum Gasteiger partial charge on any atom is -0.478 e. The van der Waals surface area contributed by atoms with Gasteiger partial charge in [-0.05, 0) is 81.6 Å². The Kier molecular flexibility index (Phi) is 6.77. The first-order valence-electron chi connectivity index (χ1n) is 13.0. The van der Waals surface area contributed by atoms with Crippen molar-refractivity contribution in [2.75, 3.05) is 0 Å². The number of carbonyl (C=O) groups excluding carboxylic acids is 1. The monoisotopic (exact) mass is 546 g/mol. The Hall–Kier alpha value is -5.30. The Bertz CT molecular complexity index is 1920. The number of carbonyl (C=O) groups is 2. The Balaban J connectivity index is 1.39. The maximum absolute atomic E-state index is 14.1. The molecule has 202 valence electrons. The number of fused-ring (bicyclic) bond motifs is 2. The van der Waals surface area contributed by atoms with Gasteiger partial charge in [-0.15, -0.1) is 0 Å². The van der Waals surface area contributed by atoms with Crippen LogP contribution in [0.25, 0.3) is 32.8 Å². The van der Waals surface area contributed by atoms with Gasteiger partial charge in [-0.3, -0.25) is 4.79 Å². The fraction of sp³-hybridized carbons (Fsp3) is 0.0588. The molecule has 6 rings (SSSR count). The van der Waals surface area contributed by atoms with Crippen molar-refractivity contribution in [2.45, 2.75) is 13.1 Å². The average molecular weight is 547 g/mol. The summed E-state index contributed by atoms with van der Waals surface area (Å²) in [6.45, 7) is 0.684. The van der Waals surface area contributed by atoms with Crippen LogP contribution < -0.4 is 5.32 Å². The third-order valence-corrected chi connectivity index (χ3v) is 7.12. The minimum atomic E-state index is -1.03. The largest absolute Gasteiger partial charge is 0.478 e. The first-order valence-corrected chi connectivity index (χ1v) is 13.0. The minimum absolute atomic E-state index is 0.156. The second-order valence-corrected chi connectivity index (χ2v) is 9.93. The molecule has 6 aromatic rings. The van der Waals surface area contributed by atoms with Gasteiger partial charge in [-0.2, -0.15) is 0 Å². The molecule has 0 atom stereocenters. The third kappa shape index (κ3) is 5.43. The molecule has 0 unspecified atom stereocenters. The molecule has 1 heterocycles. The van der Waals surface area contributed by atoms with E-state index in [0.29, 0.717) is 28.8 Å². The number of amides is 1. The fourth-order valence-corrected chi connectivity index (χ4v) is 5.12. The van der Waals surface area contributed by atoms with Gasteiger partial charge in [0.1, 0.15) is 11.6 Å². The number of carboxylic acids is 1. The summed E-state index contributed by atoms with van der Waals surface area (Å²) in [5, 5.41) is 15.1. The van der Waals surface area contributed by atoms with Crippen molar-refractivity contribution in [2.24, 2.45) is 0 Å². The molecule has 0 bridgehead atoms. The van der Waals surface area contributed by atoms with Gasteiger partial charge < -0.3 is 15.0 Å². The second kappa shape index (κ2) is 10.7. The SMILES string of the molecule is O=C(O)c1ccc(CNC(=O)c2cc(-c3cc(F)cc(F)c3)cc3ccn(Cc4ccc5ccccc5c4)c23)cc1. The summed E-state index contributed by atoms with van der Waals surface area (Å²) in [4.78, 5) is 24.8. The van der Waals surface area contributed by atoms with Crippen LogP contribution in [0.1, 0.15) is 31.8 Å². The van der Waals surface area contributed by atoms with E-state index in [-0.39, 0.29) is 18.0 Å². The molecule has 5 aromatic carbocycles. The van der Waals surface area contributed by atoms with Gasteiger partial charge in [0, 0.05) is 30.7 Å². The molecule has 1 amide bonds. The Morgan fingerprint density at radius 3 is 2.12 bits per heavy atom. The van der Waals surface area contributed by atoms with Crippen LogP contribution in [0, 0.1) is 11.6 Å². The molecule has 0 saturated heterocycles. The summed E-state index contributed by atoms with van der Waals surface area (Å²) in [5.41, 5.74) is 3.83. The average Bonchev–Trinajstić information content (AvgIpc) is 3.37. The van der Waals surface area contributed by atoms with Crippen molar-refractivity contribution in [3.63, 3.8) is 0 Å².